The zero-order valence-electron chi connectivity index (χ0n) is 12.5. The van der Waals surface area contributed by atoms with Gasteiger partial charge in [-0.05, 0) is 38.8 Å². The lowest BCUT2D eigenvalue weighted by Crippen LogP contribution is -2.34. The molecule has 0 saturated carbocycles. The summed E-state index contributed by atoms with van der Waals surface area (Å²) in [5, 5.41) is 3.07. The van der Waals surface area contributed by atoms with Gasteiger partial charge in [0.2, 0.25) is 0 Å². The highest BCUT2D eigenvalue weighted by molar-refractivity contribution is 5.91. The van der Waals surface area contributed by atoms with Crippen molar-refractivity contribution in [3.05, 3.63) is 29.3 Å². The summed E-state index contributed by atoms with van der Waals surface area (Å²) in [6, 6.07) is 5.22. The number of carbonyl (C=O) groups excluding carboxylic acids is 2. The van der Waals surface area contributed by atoms with Crippen molar-refractivity contribution in [3.63, 3.8) is 0 Å². The van der Waals surface area contributed by atoms with E-state index in [0.717, 1.165) is 16.8 Å². The number of ether oxygens (including phenoxy) is 2. The molecule has 0 saturated heterocycles. The Morgan fingerprint density at radius 3 is 2.15 bits per heavy atom. The van der Waals surface area contributed by atoms with Crippen LogP contribution in [0.1, 0.15) is 25.0 Å². The first-order valence-electron chi connectivity index (χ1n) is 6.48. The van der Waals surface area contributed by atoms with Gasteiger partial charge in [-0.2, -0.15) is 0 Å². The van der Waals surface area contributed by atoms with Gasteiger partial charge in [0.15, 0.2) is 6.10 Å². The van der Waals surface area contributed by atoms with Crippen molar-refractivity contribution < 1.29 is 19.1 Å². The zero-order valence-corrected chi connectivity index (χ0v) is 12.5. The number of carbonyl (C=O) groups is 2. The highest BCUT2D eigenvalue weighted by Crippen LogP contribution is 2.20. The molecule has 0 aromatic heterocycles. The minimum absolute atomic E-state index is 0.622. The van der Waals surface area contributed by atoms with Crippen LogP contribution in [0.5, 0.6) is 0 Å². The van der Waals surface area contributed by atoms with Crippen LogP contribution >= 0.6 is 0 Å². The van der Waals surface area contributed by atoms with E-state index in [-0.39, 0.29) is 0 Å². The van der Waals surface area contributed by atoms with E-state index in [9.17, 15) is 9.59 Å². The van der Waals surface area contributed by atoms with E-state index < -0.39 is 24.1 Å². The van der Waals surface area contributed by atoms with Crippen LogP contribution in [0, 0.1) is 13.8 Å². The molecule has 0 bridgehead atoms. The molecule has 1 rings (SSSR count). The van der Waals surface area contributed by atoms with Crippen LogP contribution < -0.4 is 5.32 Å². The smallest absolute Gasteiger partial charge is 0.342 e. The number of nitrogens with one attached hydrogen (secondary N) is 1. The number of hydrogen-bond acceptors (Lipinski definition) is 5. The van der Waals surface area contributed by atoms with Gasteiger partial charge >= 0.3 is 11.9 Å². The third-order valence-electron chi connectivity index (χ3n) is 3.08. The number of anilines is 1. The van der Waals surface area contributed by atoms with Crippen molar-refractivity contribution in [1.82, 2.24) is 0 Å². The number of benzene rings is 1. The predicted octanol–water partition coefficient (Wildman–Crippen LogP) is 2.21. The molecule has 2 atom stereocenters. The second kappa shape index (κ2) is 7.05. The molecule has 0 heterocycles. The molecule has 0 spiro atoms. The molecule has 0 aliphatic carbocycles. The summed E-state index contributed by atoms with van der Waals surface area (Å²) in [4.78, 5) is 23.3. The SMILES string of the molecule is COC(C)C(=O)OC(=O)[C@@H](C)Nc1c(C)cccc1C. The van der Waals surface area contributed by atoms with Gasteiger partial charge < -0.3 is 14.8 Å². The Morgan fingerprint density at radius 1 is 1.10 bits per heavy atom. The van der Waals surface area contributed by atoms with Gasteiger partial charge in [-0.1, -0.05) is 18.2 Å². The molecular formula is C15H21NO4. The molecule has 1 aromatic rings. The van der Waals surface area contributed by atoms with Crippen LogP contribution in [-0.4, -0.2) is 31.2 Å². The zero-order chi connectivity index (χ0) is 15.3. The molecule has 1 N–H and O–H groups in total. The standard InChI is InChI=1S/C15H21NO4/c1-9-7-6-8-10(2)13(9)16-11(3)14(17)20-15(18)12(4)19-5/h6-8,11-12,16H,1-5H3/t11-,12?/m1/s1. The first kappa shape index (κ1) is 16.2. The molecule has 0 radical (unpaired) electrons. The molecule has 20 heavy (non-hydrogen) atoms. The second-order valence-electron chi connectivity index (χ2n) is 4.75. The number of rotatable bonds is 5. The van der Waals surface area contributed by atoms with Gasteiger partial charge in [0.25, 0.3) is 0 Å². The molecular weight excluding hydrogens is 258 g/mol. The molecule has 5 heteroatoms. The molecule has 110 valence electrons. The third-order valence-corrected chi connectivity index (χ3v) is 3.08. The fourth-order valence-electron chi connectivity index (χ4n) is 1.68. The van der Waals surface area contributed by atoms with Gasteiger partial charge in [0, 0.05) is 12.8 Å². The summed E-state index contributed by atoms with van der Waals surface area (Å²) in [6.45, 7) is 7.08. The Kier molecular flexibility index (Phi) is 5.70. The third kappa shape index (κ3) is 4.06. The van der Waals surface area contributed by atoms with Gasteiger partial charge in [0.05, 0.1) is 0 Å². The average molecular weight is 279 g/mol. The molecule has 1 aromatic carbocycles. The Bertz CT molecular complexity index is 478. The second-order valence-corrected chi connectivity index (χ2v) is 4.75. The van der Waals surface area contributed by atoms with Crippen molar-refractivity contribution in [2.45, 2.75) is 39.8 Å². The fourth-order valence-corrected chi connectivity index (χ4v) is 1.68. The maximum absolute atomic E-state index is 11.8. The lowest BCUT2D eigenvalue weighted by atomic mass is 10.1. The Labute approximate surface area is 119 Å². The number of methoxy groups -OCH3 is 1. The van der Waals surface area contributed by atoms with E-state index in [1.165, 1.54) is 14.0 Å². The Morgan fingerprint density at radius 2 is 1.65 bits per heavy atom. The van der Waals surface area contributed by atoms with E-state index >= 15 is 0 Å². The lowest BCUT2D eigenvalue weighted by molar-refractivity contribution is -0.166. The Hall–Kier alpha value is -1.88. The van der Waals surface area contributed by atoms with Crippen LogP contribution in [0.25, 0.3) is 0 Å². The summed E-state index contributed by atoms with van der Waals surface area (Å²) in [7, 11) is 1.38. The molecule has 5 nitrogen and oxygen atoms in total. The van der Waals surface area contributed by atoms with Crippen molar-refractivity contribution >= 4 is 17.6 Å². The lowest BCUT2D eigenvalue weighted by Gasteiger charge is -2.18. The number of aryl methyl sites for hydroxylation is 2. The van der Waals surface area contributed by atoms with Crippen LogP contribution in [0.3, 0.4) is 0 Å². The minimum atomic E-state index is -0.758. The monoisotopic (exact) mass is 279 g/mol. The summed E-state index contributed by atoms with van der Waals surface area (Å²) >= 11 is 0. The van der Waals surface area contributed by atoms with Crippen LogP contribution in [0.2, 0.25) is 0 Å². The maximum atomic E-state index is 11.8. The van der Waals surface area contributed by atoms with Gasteiger partial charge in [-0.15, -0.1) is 0 Å². The predicted molar refractivity (Wildman–Crippen MR) is 76.6 cm³/mol. The summed E-state index contributed by atoms with van der Waals surface area (Å²) in [5.41, 5.74) is 2.94. The first-order chi connectivity index (χ1) is 9.36. The van der Waals surface area contributed by atoms with Crippen LogP contribution in [0.4, 0.5) is 5.69 Å². The van der Waals surface area contributed by atoms with E-state index in [0.29, 0.717) is 0 Å². The van der Waals surface area contributed by atoms with Crippen molar-refractivity contribution in [1.29, 1.82) is 0 Å². The molecule has 0 fully saturated rings. The van der Waals surface area contributed by atoms with E-state index in [1.807, 2.05) is 32.0 Å². The van der Waals surface area contributed by atoms with Crippen molar-refractivity contribution in [2.24, 2.45) is 0 Å². The van der Waals surface area contributed by atoms with Gasteiger partial charge in [-0.25, -0.2) is 9.59 Å². The largest absolute Gasteiger partial charge is 0.390 e. The summed E-state index contributed by atoms with van der Waals surface area (Å²) in [6.07, 6.45) is -0.758. The van der Waals surface area contributed by atoms with E-state index in [4.69, 9.17) is 9.47 Å². The summed E-state index contributed by atoms with van der Waals surface area (Å²) < 4.78 is 9.55. The summed E-state index contributed by atoms with van der Waals surface area (Å²) in [5.74, 6) is -1.31. The maximum Gasteiger partial charge on any atom is 0.342 e. The van der Waals surface area contributed by atoms with Gasteiger partial charge in [-0.3, -0.25) is 0 Å². The van der Waals surface area contributed by atoms with E-state index in [2.05, 4.69) is 5.32 Å². The van der Waals surface area contributed by atoms with E-state index in [1.54, 1.807) is 6.92 Å². The molecule has 0 aliphatic heterocycles. The first-order valence-corrected chi connectivity index (χ1v) is 6.48. The Balaban J connectivity index is 2.69. The number of esters is 2. The fraction of sp³-hybridized carbons (Fsp3) is 0.467. The van der Waals surface area contributed by atoms with Crippen LogP contribution in [0.15, 0.2) is 18.2 Å². The highest BCUT2D eigenvalue weighted by Gasteiger charge is 2.22. The minimum Gasteiger partial charge on any atom is -0.390 e. The van der Waals surface area contributed by atoms with Gasteiger partial charge in [0.1, 0.15) is 6.04 Å². The topological polar surface area (TPSA) is 64.6 Å². The number of hydrogen-bond donors (Lipinski definition) is 1. The number of para-hydroxylation sites is 1. The molecule has 0 aliphatic rings. The molecule has 0 amide bonds. The van der Waals surface area contributed by atoms with Crippen LogP contribution in [-0.2, 0) is 19.1 Å². The highest BCUT2D eigenvalue weighted by atomic mass is 16.6. The average Bonchev–Trinajstić information content (AvgIpc) is 2.41. The van der Waals surface area contributed by atoms with Crippen molar-refractivity contribution in [2.75, 3.05) is 12.4 Å². The molecule has 1 unspecified atom stereocenters. The quantitative estimate of drug-likeness (QED) is 0.661. The normalized spacial score (nSPS) is 13.4. The van der Waals surface area contributed by atoms with Crippen molar-refractivity contribution in [3.8, 4) is 0 Å².